The zero-order chi connectivity index (χ0) is 65.7. The van der Waals surface area contributed by atoms with Gasteiger partial charge in [0.15, 0.2) is 23.8 Å². The first-order valence-electron chi connectivity index (χ1n) is 35.1. The molecule has 0 amide bonds. The third kappa shape index (κ3) is 11.0. The number of aliphatic hydroxyl groups excluding tert-OH is 4. The summed E-state index contributed by atoms with van der Waals surface area (Å²) in [7, 11) is 3.02. The fourth-order valence-electron chi connectivity index (χ4n) is 23.1. The van der Waals surface area contributed by atoms with Gasteiger partial charge in [-0.15, -0.1) is 5.92 Å². The fraction of sp³-hybridized carbons (Fsp3) is 0.726. The molecule has 1 aromatic heterocycles. The van der Waals surface area contributed by atoms with Gasteiger partial charge in [-0.3, -0.25) is 19.4 Å². The molecule has 2 saturated heterocycles. The van der Waals surface area contributed by atoms with Crippen molar-refractivity contribution in [3.8, 4) is 17.6 Å². The number of aromatic amines is 1. The molecule has 11 aliphatic rings. The molecule has 8 fully saturated rings. The Morgan fingerprint density at radius 1 is 0.914 bits per heavy atom. The van der Waals surface area contributed by atoms with Gasteiger partial charge < -0.3 is 72.5 Å². The molecule has 93 heavy (non-hydrogen) atoms. The minimum absolute atomic E-state index is 0.00740. The van der Waals surface area contributed by atoms with Crippen molar-refractivity contribution in [2.24, 2.45) is 104 Å². The molecule has 508 valence electrons. The van der Waals surface area contributed by atoms with Gasteiger partial charge >= 0.3 is 5.97 Å². The highest BCUT2D eigenvalue weighted by Gasteiger charge is 2.78. The molecule has 9 aliphatic carbocycles. The molecule has 1 aromatic carbocycles. The monoisotopic (exact) mass is 1320 g/mol. The first-order chi connectivity index (χ1) is 44.5. The van der Waals surface area contributed by atoms with Gasteiger partial charge in [-0.2, -0.15) is 0 Å². The number of Topliss-reactive ketones (excluding diaryl/α,β-unsaturated/α-hetero) is 2. The molecule has 6 saturated carbocycles. The summed E-state index contributed by atoms with van der Waals surface area (Å²) >= 11 is 0. The van der Waals surface area contributed by atoms with Crippen LogP contribution in [0, 0.1) is 99.1 Å². The van der Waals surface area contributed by atoms with Crippen LogP contribution in [0.15, 0.2) is 70.6 Å². The van der Waals surface area contributed by atoms with Gasteiger partial charge in [-0.25, -0.2) is 0 Å². The fourth-order valence-corrected chi connectivity index (χ4v) is 25.8. The Bertz CT molecular complexity index is 3280. The van der Waals surface area contributed by atoms with Gasteiger partial charge in [0.2, 0.25) is 0 Å². The lowest BCUT2D eigenvalue weighted by Crippen LogP contribution is -2.70. The number of nitrogens with zero attached hydrogens (tertiary/aromatic N) is 1. The number of esters is 1. The van der Waals surface area contributed by atoms with E-state index in [1.807, 2.05) is 25.4 Å². The number of ether oxygens (including phenoxy) is 1. The molecule has 1 spiro atoms. The van der Waals surface area contributed by atoms with Crippen LogP contribution in [-0.4, -0.2) is 147 Å². The Morgan fingerprint density at radius 2 is 1.68 bits per heavy atom. The molecule has 0 radical (unpaired) electrons. The van der Waals surface area contributed by atoms with E-state index in [0.29, 0.717) is 49.3 Å². The number of phenolic OH excluding ortho intramolecular Hbond substituents is 1. The van der Waals surface area contributed by atoms with Crippen LogP contribution in [0.5, 0.6) is 5.75 Å². The van der Waals surface area contributed by atoms with Crippen molar-refractivity contribution in [3.63, 3.8) is 0 Å². The second-order valence-electron chi connectivity index (χ2n) is 31.2. The number of aromatic hydroxyl groups is 1. The number of allylic oxidation sites excluding steroid dienone is 3. The Morgan fingerprint density at radius 3 is 2.39 bits per heavy atom. The normalized spacial score (nSPS) is 44.5. The van der Waals surface area contributed by atoms with Gasteiger partial charge in [-0.1, -0.05) is 84.4 Å². The van der Waals surface area contributed by atoms with Crippen LogP contribution in [0.1, 0.15) is 179 Å². The summed E-state index contributed by atoms with van der Waals surface area (Å²) in [5.74, 6) is -0.154. The standard InChI is InChI=1S/C73H101N5O13S2/c1-4-56-57(58(66(87)91-56)44-22-27-76-35-44)42-9-8-10-43-32-73(90)60-51(21-23-70(73,26-28-77-67(74)75)64(43)68(3,88)71(89)25-24-69(31-42)50(48(33-71)65(85)86)20-17-41-14-13-39(2)29-52(41)69)72(46-11-6-5-7-12-46)34-55(82)62(83)49-38-93-92-37-45(40-15-18-47(80)19-16-40)30-54(81)53(36-79)78-61(60)63(84)59(49)72/h15-19,22,27,35,39,42-43,45-46,48-53,55-59,62,64-65,76,78-80,82-83,85-86,88-90H,4-7,10-14,20-21,23-26,28-34,36-38H2,1-3H3,(H4,74,75,77)/t39-,42+,43-,45-,48-,49-,50+,51+,52+,53+,55+,56+,57+,58-,59+,62-,64-,68-,69+,70+,71-,72+,73-/m1/s1. The summed E-state index contributed by atoms with van der Waals surface area (Å²) in [5.41, 5.74) is 6.16. The van der Waals surface area contributed by atoms with Crippen molar-refractivity contribution in [1.82, 2.24) is 10.3 Å². The molecule has 4 bridgehead atoms. The number of aliphatic imine (C=N–C) groups is 1. The van der Waals surface area contributed by atoms with Crippen molar-refractivity contribution in [2.75, 3.05) is 24.7 Å². The highest BCUT2D eigenvalue weighted by molar-refractivity contribution is 8.76. The first kappa shape index (κ1) is 67.2. The summed E-state index contributed by atoms with van der Waals surface area (Å²) in [4.78, 5) is 54.5. The van der Waals surface area contributed by atoms with Gasteiger partial charge in [-0.05, 0) is 191 Å². The van der Waals surface area contributed by atoms with Crippen LogP contribution in [0.2, 0.25) is 0 Å². The van der Waals surface area contributed by atoms with E-state index >= 15 is 14.7 Å². The highest BCUT2D eigenvalue weighted by atomic mass is 33.1. The van der Waals surface area contributed by atoms with Crippen LogP contribution in [0.3, 0.4) is 0 Å². The first-order valence-corrected chi connectivity index (χ1v) is 37.6. The smallest absolute Gasteiger partial charge is 0.314 e. The Balaban J connectivity index is 1.04. The SMILES string of the molecule is CC[C@@H]1OC(=O)[C@H](c2cc[nH]c2)[C@H]1[C@H]1C#CC[C@@H]2C[C@@]3(O)C4=C5N[C@@H](CO)C(=O)C[C@@H](c6ccc(O)cc6)CSSC[C@H]6[C@@H](O)[C@@H](O)C[C@@](C7CCCCC7)([C@@H]6C5=O)[C@H]4CC[C@]3(CCN=C(N)N)[C@H]2[C@@](C)(O)[C@@]2(O)CC[C@@]3(C1)[C@H]1C[C@H](C)CCC1=CC[C@H]3[C@H](C(O)O)C2. The molecule has 2 aromatic rings. The molecular weight excluding hydrogens is 1220 g/mol. The highest BCUT2D eigenvalue weighted by Crippen LogP contribution is 2.76. The number of hydrogen-bond acceptors (Lipinski definition) is 17. The summed E-state index contributed by atoms with van der Waals surface area (Å²) in [5, 5.41) is 119. The number of rotatable bonds is 10. The topological polar surface area (TPSA) is 335 Å². The van der Waals surface area contributed by atoms with E-state index in [9.17, 15) is 45.6 Å². The summed E-state index contributed by atoms with van der Waals surface area (Å²) in [6.07, 6.45) is 10.3. The van der Waals surface area contributed by atoms with E-state index in [1.54, 1.807) is 31.2 Å². The number of fused-ring (bicyclic) bond motifs is 10. The number of aliphatic hydroxyl groups is 8. The number of nitrogens with one attached hydrogen (secondary N) is 2. The number of cyclic esters (lactones) is 1. The number of carbonyl (C=O) groups excluding carboxylic acids is 3. The van der Waals surface area contributed by atoms with Gasteiger partial charge in [0.1, 0.15) is 17.9 Å². The lowest BCUT2D eigenvalue weighted by atomic mass is 9.39. The van der Waals surface area contributed by atoms with Crippen molar-refractivity contribution in [1.29, 1.82) is 0 Å². The minimum atomic E-state index is -2.15. The number of carbonyl (C=O) groups is 3. The van der Waals surface area contributed by atoms with Gasteiger partial charge in [0.05, 0.1) is 47.2 Å². The molecule has 13 rings (SSSR count). The lowest BCUT2D eigenvalue weighted by Gasteiger charge is -2.66. The number of H-pyrrole nitrogens is 1. The van der Waals surface area contributed by atoms with Crippen molar-refractivity contribution in [2.45, 2.75) is 215 Å². The maximum Gasteiger partial charge on any atom is 0.314 e. The maximum atomic E-state index is 17.0. The molecule has 23 atom stereocenters. The minimum Gasteiger partial charge on any atom is -0.508 e. The van der Waals surface area contributed by atoms with E-state index in [-0.39, 0.29) is 105 Å². The van der Waals surface area contributed by atoms with Crippen LogP contribution < -0.4 is 16.8 Å². The number of benzene rings is 1. The Hall–Kier alpha value is -4.40. The summed E-state index contributed by atoms with van der Waals surface area (Å²) in [6.45, 7) is 5.22. The zero-order valence-electron chi connectivity index (χ0n) is 54.3. The Kier molecular flexibility index (Phi) is 18.6. The quantitative estimate of drug-likeness (QED) is 0.0209. The van der Waals surface area contributed by atoms with Crippen molar-refractivity contribution < 1.29 is 65.1 Å². The van der Waals surface area contributed by atoms with E-state index in [1.165, 1.54) is 27.2 Å². The number of nitrogens with two attached hydrogens (primary N) is 2. The molecule has 2 aliphatic heterocycles. The molecular formula is C73H101N5O13S2. The predicted octanol–water partition coefficient (Wildman–Crippen LogP) is 7.41. The van der Waals surface area contributed by atoms with E-state index in [4.69, 9.17) is 16.2 Å². The van der Waals surface area contributed by atoms with Crippen LogP contribution >= 0.6 is 21.6 Å². The Labute approximate surface area is 555 Å². The van der Waals surface area contributed by atoms with Crippen LogP contribution in [0.4, 0.5) is 0 Å². The molecule has 3 heterocycles. The molecule has 20 heteroatoms. The van der Waals surface area contributed by atoms with E-state index < -0.39 is 141 Å². The third-order valence-corrected chi connectivity index (χ3v) is 29.6. The third-order valence-electron chi connectivity index (χ3n) is 27.0. The van der Waals surface area contributed by atoms with Crippen molar-refractivity contribution >= 4 is 45.1 Å². The lowest BCUT2D eigenvalue weighted by molar-refractivity contribution is -0.237. The molecule has 0 unspecified atom stereocenters. The predicted molar refractivity (Wildman–Crippen MR) is 355 cm³/mol. The van der Waals surface area contributed by atoms with E-state index in [2.05, 4.69) is 40.1 Å². The maximum absolute atomic E-state index is 17.0. The number of phenols is 1. The van der Waals surface area contributed by atoms with Crippen molar-refractivity contribution in [3.05, 3.63) is 76.8 Å². The zero-order valence-corrected chi connectivity index (χ0v) is 56.0. The molecule has 18 nitrogen and oxygen atoms in total. The number of hydrogen-bond donors (Lipinski definition) is 13. The summed E-state index contributed by atoms with van der Waals surface area (Å²) in [6, 6.07) is 7.27. The summed E-state index contributed by atoms with van der Waals surface area (Å²) < 4.78 is 6.39. The number of aromatic nitrogens is 1. The van der Waals surface area contributed by atoms with Crippen LogP contribution in [-0.2, 0) is 19.1 Å². The largest absolute Gasteiger partial charge is 0.508 e. The van der Waals surface area contributed by atoms with Crippen LogP contribution in [0.25, 0.3) is 0 Å². The second-order valence-corrected chi connectivity index (χ2v) is 33.7. The molecule has 15 N–H and O–H groups in total. The van der Waals surface area contributed by atoms with E-state index in [0.717, 1.165) is 62.5 Å². The number of guanidine groups is 1. The average Bonchev–Trinajstić information content (AvgIpc) is 1.61. The average molecular weight is 1320 g/mol. The van der Waals surface area contributed by atoms with Gasteiger partial charge in [0.25, 0.3) is 0 Å². The van der Waals surface area contributed by atoms with Gasteiger partial charge in [0, 0.05) is 90.1 Å². The second kappa shape index (κ2) is 25.8. The number of ketones is 2.